The van der Waals surface area contributed by atoms with Crippen LogP contribution < -0.4 is 5.32 Å². The van der Waals surface area contributed by atoms with Crippen molar-refractivity contribution in [2.45, 2.75) is 44.9 Å². The maximum absolute atomic E-state index is 12.4. The van der Waals surface area contributed by atoms with Crippen LogP contribution >= 0.6 is 12.4 Å². The molecule has 1 N–H and O–H groups in total. The molecule has 1 atom stereocenters. The van der Waals surface area contributed by atoms with Crippen molar-refractivity contribution < 1.29 is 9.59 Å². The van der Waals surface area contributed by atoms with Crippen molar-refractivity contribution in [1.29, 1.82) is 0 Å². The average Bonchev–Trinajstić information content (AvgIpc) is 3.25. The summed E-state index contributed by atoms with van der Waals surface area (Å²) in [5.74, 6) is 1.51. The Bertz CT molecular complexity index is 399. The summed E-state index contributed by atoms with van der Waals surface area (Å²) in [5.41, 5.74) is 0. The molecule has 1 unspecified atom stereocenters. The maximum Gasteiger partial charge on any atom is 0.227 e. The van der Waals surface area contributed by atoms with Crippen LogP contribution in [0.2, 0.25) is 0 Å². The second-order valence-corrected chi connectivity index (χ2v) is 7.08. The third kappa shape index (κ3) is 4.83. The van der Waals surface area contributed by atoms with Crippen molar-refractivity contribution in [3.63, 3.8) is 0 Å². The Balaban J connectivity index is 0.00000192. The number of nitrogens with zero attached hydrogens (tertiary/aromatic N) is 2. The molecule has 0 aromatic carbocycles. The van der Waals surface area contributed by atoms with Gasteiger partial charge in [-0.15, -0.1) is 12.4 Å². The van der Waals surface area contributed by atoms with Crippen LogP contribution in [0.25, 0.3) is 0 Å². The molecule has 5 nitrogen and oxygen atoms in total. The normalized spacial score (nSPS) is 25.5. The summed E-state index contributed by atoms with van der Waals surface area (Å²) < 4.78 is 0. The molecule has 132 valence electrons. The Hall–Kier alpha value is -0.810. The summed E-state index contributed by atoms with van der Waals surface area (Å²) in [6, 6.07) is 0. The Morgan fingerprint density at radius 1 is 0.957 bits per heavy atom. The van der Waals surface area contributed by atoms with E-state index in [1.807, 2.05) is 9.80 Å². The molecular weight excluding hydrogens is 314 g/mol. The fourth-order valence-corrected chi connectivity index (χ4v) is 4.08. The van der Waals surface area contributed by atoms with Gasteiger partial charge in [-0.3, -0.25) is 9.59 Å². The number of nitrogens with one attached hydrogen (secondary N) is 1. The molecule has 3 fully saturated rings. The van der Waals surface area contributed by atoms with E-state index >= 15 is 0 Å². The molecule has 23 heavy (non-hydrogen) atoms. The number of amides is 2. The smallest absolute Gasteiger partial charge is 0.227 e. The first-order valence-electron chi connectivity index (χ1n) is 9.01. The van der Waals surface area contributed by atoms with Gasteiger partial charge >= 0.3 is 0 Å². The lowest BCUT2D eigenvalue weighted by molar-refractivity contribution is -0.141. The highest BCUT2D eigenvalue weighted by molar-refractivity contribution is 5.85. The minimum Gasteiger partial charge on any atom is -0.339 e. The van der Waals surface area contributed by atoms with Gasteiger partial charge in [0.15, 0.2) is 0 Å². The molecule has 0 aromatic heterocycles. The van der Waals surface area contributed by atoms with Gasteiger partial charge in [0.1, 0.15) is 0 Å². The molecule has 2 amide bonds. The fourth-order valence-electron chi connectivity index (χ4n) is 4.08. The minimum absolute atomic E-state index is 0. The second kappa shape index (κ2) is 8.88. The van der Waals surface area contributed by atoms with Crippen LogP contribution in [0, 0.1) is 11.8 Å². The molecule has 0 radical (unpaired) electrons. The van der Waals surface area contributed by atoms with E-state index in [1.165, 1.54) is 25.7 Å². The van der Waals surface area contributed by atoms with E-state index in [2.05, 4.69) is 5.32 Å². The lowest BCUT2D eigenvalue weighted by Crippen LogP contribution is -2.52. The number of carbonyl (C=O) groups excluding carboxylic acids is 2. The van der Waals surface area contributed by atoms with Crippen LogP contribution in [0.15, 0.2) is 0 Å². The molecule has 6 heteroatoms. The van der Waals surface area contributed by atoms with Crippen LogP contribution in [-0.2, 0) is 9.59 Å². The van der Waals surface area contributed by atoms with E-state index in [1.54, 1.807) is 0 Å². The standard InChI is InChI=1S/C17H29N3O2.ClH/c21-16(6-5-14-3-1-2-4-14)19-9-11-20(12-10-19)17(22)15-7-8-18-13-15;/h14-15,18H,1-13H2;1H. The second-order valence-electron chi connectivity index (χ2n) is 7.08. The molecule has 0 spiro atoms. The summed E-state index contributed by atoms with van der Waals surface area (Å²) in [6.45, 7) is 4.63. The largest absolute Gasteiger partial charge is 0.339 e. The van der Waals surface area contributed by atoms with Crippen LogP contribution in [0.3, 0.4) is 0 Å². The monoisotopic (exact) mass is 343 g/mol. The van der Waals surface area contributed by atoms with E-state index in [0.29, 0.717) is 25.4 Å². The van der Waals surface area contributed by atoms with Crippen LogP contribution in [0.4, 0.5) is 0 Å². The summed E-state index contributed by atoms with van der Waals surface area (Å²) in [6.07, 6.45) is 8.03. The third-order valence-corrected chi connectivity index (χ3v) is 5.59. The predicted molar refractivity (Wildman–Crippen MR) is 92.6 cm³/mol. The molecule has 2 heterocycles. The average molecular weight is 344 g/mol. The number of halogens is 1. The summed E-state index contributed by atoms with van der Waals surface area (Å²) in [4.78, 5) is 28.6. The zero-order chi connectivity index (χ0) is 15.4. The van der Waals surface area contributed by atoms with E-state index in [0.717, 1.165) is 44.9 Å². The highest BCUT2D eigenvalue weighted by Crippen LogP contribution is 2.28. The first kappa shape index (κ1) is 18.5. The van der Waals surface area contributed by atoms with Gasteiger partial charge in [0.2, 0.25) is 11.8 Å². The van der Waals surface area contributed by atoms with Crippen LogP contribution in [-0.4, -0.2) is 60.9 Å². The summed E-state index contributed by atoms with van der Waals surface area (Å²) in [7, 11) is 0. The number of piperazine rings is 1. The van der Waals surface area contributed by atoms with Gasteiger partial charge in [-0.1, -0.05) is 25.7 Å². The maximum atomic E-state index is 12.4. The number of hydrogen-bond acceptors (Lipinski definition) is 3. The molecule has 1 aliphatic carbocycles. The Morgan fingerprint density at radius 2 is 1.61 bits per heavy atom. The lowest BCUT2D eigenvalue weighted by atomic mass is 10.0. The Morgan fingerprint density at radius 3 is 2.22 bits per heavy atom. The van der Waals surface area contributed by atoms with Crippen molar-refractivity contribution >= 4 is 24.2 Å². The number of rotatable bonds is 4. The lowest BCUT2D eigenvalue weighted by Gasteiger charge is -2.36. The molecule has 3 rings (SSSR count). The number of hydrogen-bond donors (Lipinski definition) is 1. The zero-order valence-electron chi connectivity index (χ0n) is 14.0. The molecule has 0 aromatic rings. The molecule has 2 aliphatic heterocycles. The van der Waals surface area contributed by atoms with Gasteiger partial charge < -0.3 is 15.1 Å². The van der Waals surface area contributed by atoms with E-state index in [4.69, 9.17) is 0 Å². The summed E-state index contributed by atoms with van der Waals surface area (Å²) in [5, 5.41) is 3.25. The third-order valence-electron chi connectivity index (χ3n) is 5.59. The van der Waals surface area contributed by atoms with E-state index in [-0.39, 0.29) is 24.2 Å². The van der Waals surface area contributed by atoms with Crippen molar-refractivity contribution in [2.75, 3.05) is 39.3 Å². The highest BCUT2D eigenvalue weighted by atomic mass is 35.5. The van der Waals surface area contributed by atoms with Crippen LogP contribution in [0.5, 0.6) is 0 Å². The van der Waals surface area contributed by atoms with Gasteiger partial charge in [0, 0.05) is 39.1 Å². The van der Waals surface area contributed by atoms with Crippen molar-refractivity contribution in [3.8, 4) is 0 Å². The van der Waals surface area contributed by atoms with Gasteiger partial charge in [0.05, 0.1) is 5.92 Å². The summed E-state index contributed by atoms with van der Waals surface area (Å²) >= 11 is 0. The zero-order valence-corrected chi connectivity index (χ0v) is 14.8. The van der Waals surface area contributed by atoms with E-state index < -0.39 is 0 Å². The van der Waals surface area contributed by atoms with Gasteiger partial charge in [-0.2, -0.15) is 0 Å². The van der Waals surface area contributed by atoms with Gasteiger partial charge in [-0.05, 0) is 25.3 Å². The van der Waals surface area contributed by atoms with Crippen molar-refractivity contribution in [3.05, 3.63) is 0 Å². The molecule has 2 saturated heterocycles. The van der Waals surface area contributed by atoms with E-state index in [9.17, 15) is 9.59 Å². The molecule has 3 aliphatic rings. The van der Waals surface area contributed by atoms with Crippen molar-refractivity contribution in [1.82, 2.24) is 15.1 Å². The minimum atomic E-state index is 0. The van der Waals surface area contributed by atoms with Crippen LogP contribution in [0.1, 0.15) is 44.9 Å². The van der Waals surface area contributed by atoms with Gasteiger partial charge in [-0.25, -0.2) is 0 Å². The molecule has 1 saturated carbocycles. The van der Waals surface area contributed by atoms with Gasteiger partial charge in [0.25, 0.3) is 0 Å². The fraction of sp³-hybridized carbons (Fsp3) is 0.882. The first-order valence-corrected chi connectivity index (χ1v) is 9.01. The highest BCUT2D eigenvalue weighted by Gasteiger charge is 2.30. The predicted octanol–water partition coefficient (Wildman–Crippen LogP) is 1.66. The molecular formula is C17H30ClN3O2. The first-order chi connectivity index (χ1) is 10.7. The SMILES string of the molecule is Cl.O=C(CCC1CCCC1)N1CCN(C(=O)C2CCNC2)CC1. The molecule has 0 bridgehead atoms. The Kier molecular flexibility index (Phi) is 7.15. The quantitative estimate of drug-likeness (QED) is 0.844. The van der Waals surface area contributed by atoms with Crippen molar-refractivity contribution in [2.24, 2.45) is 11.8 Å². The number of carbonyl (C=O) groups is 2. The Labute approximate surface area is 145 Å². The topological polar surface area (TPSA) is 52.7 Å².